The standard InChI is InChI=1S/C8H14F3N3O2/c1-7(2,6(12)14-16)4-13-5(15)3-8(9,10)11/h16H,3-4H2,1-2H3,(H2,12,14)(H,13,15). The van der Waals surface area contributed by atoms with Crippen molar-refractivity contribution >= 4 is 11.7 Å². The minimum Gasteiger partial charge on any atom is -0.409 e. The van der Waals surface area contributed by atoms with Crippen LogP contribution in [0, 0.1) is 5.41 Å². The van der Waals surface area contributed by atoms with Gasteiger partial charge in [-0.1, -0.05) is 19.0 Å². The Morgan fingerprint density at radius 2 is 1.94 bits per heavy atom. The first-order valence-electron chi connectivity index (χ1n) is 4.40. The summed E-state index contributed by atoms with van der Waals surface area (Å²) in [5.74, 6) is -1.31. The number of oxime groups is 1. The first kappa shape index (κ1) is 14.5. The second kappa shape index (κ2) is 5.04. The van der Waals surface area contributed by atoms with Crippen LogP contribution in [0.5, 0.6) is 0 Å². The van der Waals surface area contributed by atoms with E-state index >= 15 is 0 Å². The summed E-state index contributed by atoms with van der Waals surface area (Å²) in [7, 11) is 0. The normalized spacial score (nSPS) is 13.7. The fourth-order valence-electron chi connectivity index (χ4n) is 0.790. The third-order valence-corrected chi connectivity index (χ3v) is 1.89. The van der Waals surface area contributed by atoms with Crippen molar-refractivity contribution in [3.63, 3.8) is 0 Å². The molecule has 0 rings (SSSR count). The fraction of sp³-hybridized carbons (Fsp3) is 0.750. The van der Waals surface area contributed by atoms with Gasteiger partial charge in [0.25, 0.3) is 0 Å². The van der Waals surface area contributed by atoms with Crippen LogP contribution in [0.1, 0.15) is 20.3 Å². The molecule has 0 fully saturated rings. The molecule has 0 aromatic rings. The predicted octanol–water partition coefficient (Wildman–Crippen LogP) is 0.828. The molecule has 0 atom stereocenters. The molecule has 0 unspecified atom stereocenters. The van der Waals surface area contributed by atoms with Crippen molar-refractivity contribution in [3.8, 4) is 0 Å². The average Bonchev–Trinajstić information content (AvgIpc) is 2.11. The molecule has 0 aliphatic heterocycles. The Balaban J connectivity index is 4.21. The van der Waals surface area contributed by atoms with E-state index in [2.05, 4.69) is 10.5 Å². The zero-order valence-electron chi connectivity index (χ0n) is 8.93. The van der Waals surface area contributed by atoms with Crippen molar-refractivity contribution in [2.45, 2.75) is 26.4 Å². The van der Waals surface area contributed by atoms with Crippen LogP contribution in [0.15, 0.2) is 5.16 Å². The highest BCUT2D eigenvalue weighted by Crippen LogP contribution is 2.19. The van der Waals surface area contributed by atoms with Gasteiger partial charge in [-0.25, -0.2) is 0 Å². The van der Waals surface area contributed by atoms with Gasteiger partial charge in [-0.3, -0.25) is 4.79 Å². The summed E-state index contributed by atoms with van der Waals surface area (Å²) in [5.41, 5.74) is 4.38. The zero-order chi connectivity index (χ0) is 13.0. The van der Waals surface area contributed by atoms with E-state index in [1.807, 2.05) is 0 Å². The van der Waals surface area contributed by atoms with Crippen LogP contribution in [-0.4, -0.2) is 29.7 Å². The number of nitrogens with two attached hydrogens (primary N) is 1. The number of amidine groups is 1. The first-order chi connectivity index (χ1) is 7.08. The van der Waals surface area contributed by atoms with Crippen LogP contribution in [0.4, 0.5) is 13.2 Å². The monoisotopic (exact) mass is 241 g/mol. The van der Waals surface area contributed by atoms with E-state index in [-0.39, 0.29) is 12.4 Å². The molecule has 0 aliphatic rings. The van der Waals surface area contributed by atoms with Gasteiger partial charge in [-0.05, 0) is 0 Å². The van der Waals surface area contributed by atoms with Crippen LogP contribution in [0.3, 0.4) is 0 Å². The molecule has 94 valence electrons. The van der Waals surface area contributed by atoms with Crippen LogP contribution in [0.2, 0.25) is 0 Å². The van der Waals surface area contributed by atoms with E-state index in [9.17, 15) is 18.0 Å². The summed E-state index contributed by atoms with van der Waals surface area (Å²) in [5, 5.41) is 13.2. The lowest BCUT2D eigenvalue weighted by Gasteiger charge is -2.23. The van der Waals surface area contributed by atoms with Gasteiger partial charge in [-0.15, -0.1) is 0 Å². The third kappa shape index (κ3) is 5.42. The van der Waals surface area contributed by atoms with Gasteiger partial charge in [0.2, 0.25) is 5.91 Å². The molecular formula is C8H14F3N3O2. The number of nitrogens with one attached hydrogen (secondary N) is 1. The van der Waals surface area contributed by atoms with Crippen molar-refractivity contribution in [3.05, 3.63) is 0 Å². The van der Waals surface area contributed by atoms with E-state index < -0.39 is 23.9 Å². The quantitative estimate of drug-likeness (QED) is 0.295. The average molecular weight is 241 g/mol. The number of rotatable bonds is 4. The molecule has 0 aromatic carbocycles. The van der Waals surface area contributed by atoms with Crippen molar-refractivity contribution in [1.82, 2.24) is 5.32 Å². The Morgan fingerprint density at radius 3 is 2.31 bits per heavy atom. The van der Waals surface area contributed by atoms with E-state index in [0.29, 0.717) is 0 Å². The molecule has 0 saturated carbocycles. The third-order valence-electron chi connectivity index (χ3n) is 1.89. The smallest absolute Gasteiger partial charge is 0.397 e. The molecule has 8 heteroatoms. The molecule has 0 spiro atoms. The molecule has 0 aromatic heterocycles. The molecule has 0 heterocycles. The largest absolute Gasteiger partial charge is 0.409 e. The lowest BCUT2D eigenvalue weighted by atomic mass is 9.92. The highest BCUT2D eigenvalue weighted by Gasteiger charge is 2.32. The SMILES string of the molecule is CC(C)(CNC(=O)CC(F)(F)F)C(N)=NO. The molecule has 1 amide bonds. The Bertz CT molecular complexity index is 287. The molecule has 0 aliphatic carbocycles. The molecule has 0 radical (unpaired) electrons. The highest BCUT2D eigenvalue weighted by atomic mass is 19.4. The molecule has 4 N–H and O–H groups in total. The number of hydrogen-bond acceptors (Lipinski definition) is 3. The topological polar surface area (TPSA) is 87.7 Å². The predicted molar refractivity (Wildman–Crippen MR) is 50.9 cm³/mol. The highest BCUT2D eigenvalue weighted by molar-refractivity contribution is 5.86. The second-order valence-electron chi connectivity index (χ2n) is 3.94. The number of alkyl halides is 3. The zero-order valence-corrected chi connectivity index (χ0v) is 8.93. The molecule has 5 nitrogen and oxygen atoms in total. The van der Waals surface area contributed by atoms with Crippen LogP contribution in [0.25, 0.3) is 0 Å². The maximum atomic E-state index is 11.8. The lowest BCUT2D eigenvalue weighted by molar-refractivity contribution is -0.153. The number of carbonyl (C=O) groups excluding carboxylic acids is 1. The minimum absolute atomic E-state index is 0.141. The van der Waals surface area contributed by atoms with Gasteiger partial charge in [0.05, 0.1) is 0 Å². The molecule has 16 heavy (non-hydrogen) atoms. The van der Waals surface area contributed by atoms with Gasteiger partial charge in [0, 0.05) is 12.0 Å². The molecular weight excluding hydrogens is 227 g/mol. The number of hydrogen-bond donors (Lipinski definition) is 3. The fourth-order valence-corrected chi connectivity index (χ4v) is 0.790. The van der Waals surface area contributed by atoms with Gasteiger partial charge < -0.3 is 16.3 Å². The van der Waals surface area contributed by atoms with Gasteiger partial charge in [0.15, 0.2) is 0 Å². The number of amides is 1. The second-order valence-corrected chi connectivity index (χ2v) is 3.94. The van der Waals surface area contributed by atoms with E-state index in [1.54, 1.807) is 0 Å². The summed E-state index contributed by atoms with van der Waals surface area (Å²) in [6, 6.07) is 0. The minimum atomic E-state index is -4.54. The van der Waals surface area contributed by atoms with E-state index in [0.717, 1.165) is 0 Å². The number of halogens is 3. The summed E-state index contributed by atoms with van der Waals surface area (Å²) >= 11 is 0. The van der Waals surface area contributed by atoms with Crippen LogP contribution >= 0.6 is 0 Å². The molecule has 0 bridgehead atoms. The Hall–Kier alpha value is -1.47. The van der Waals surface area contributed by atoms with E-state index in [4.69, 9.17) is 10.9 Å². The summed E-state index contributed by atoms with van der Waals surface area (Å²) in [4.78, 5) is 10.8. The van der Waals surface area contributed by atoms with Crippen molar-refractivity contribution in [1.29, 1.82) is 0 Å². The van der Waals surface area contributed by atoms with Crippen molar-refractivity contribution in [2.75, 3.05) is 6.54 Å². The Kier molecular flexibility index (Phi) is 4.58. The summed E-state index contributed by atoms with van der Waals surface area (Å²) < 4.78 is 35.4. The summed E-state index contributed by atoms with van der Waals surface area (Å²) in [6.07, 6.45) is -6.08. The van der Waals surface area contributed by atoms with Crippen LogP contribution in [-0.2, 0) is 4.79 Å². The number of carbonyl (C=O) groups is 1. The van der Waals surface area contributed by atoms with Crippen molar-refractivity contribution in [2.24, 2.45) is 16.3 Å². The van der Waals surface area contributed by atoms with Gasteiger partial charge in [0.1, 0.15) is 12.3 Å². The Morgan fingerprint density at radius 1 is 1.44 bits per heavy atom. The summed E-state index contributed by atoms with van der Waals surface area (Å²) in [6.45, 7) is 2.91. The van der Waals surface area contributed by atoms with E-state index in [1.165, 1.54) is 13.8 Å². The Labute approximate surface area is 90.5 Å². The maximum Gasteiger partial charge on any atom is 0.397 e. The van der Waals surface area contributed by atoms with Crippen LogP contribution < -0.4 is 11.1 Å². The van der Waals surface area contributed by atoms with Gasteiger partial charge in [-0.2, -0.15) is 13.2 Å². The van der Waals surface area contributed by atoms with Gasteiger partial charge >= 0.3 is 6.18 Å². The lowest BCUT2D eigenvalue weighted by Crippen LogP contribution is -2.43. The number of nitrogens with zero attached hydrogens (tertiary/aromatic N) is 1. The molecule has 0 saturated heterocycles. The van der Waals surface area contributed by atoms with Crippen molar-refractivity contribution < 1.29 is 23.2 Å². The first-order valence-corrected chi connectivity index (χ1v) is 4.40. The maximum absolute atomic E-state index is 11.8.